The van der Waals surface area contributed by atoms with Gasteiger partial charge in [0, 0.05) is 38.2 Å². The van der Waals surface area contributed by atoms with Crippen LogP contribution in [0.4, 0.5) is 0 Å². The Bertz CT molecular complexity index is 5490. The molecule has 0 aliphatic carbocycles. The van der Waals surface area contributed by atoms with Crippen LogP contribution in [0, 0.1) is 102 Å². The third-order valence-electron chi connectivity index (χ3n) is 16.6. The molecule has 12 heteroatoms. The highest BCUT2D eigenvalue weighted by Gasteiger charge is 2.25. The fraction of sp³-hybridized carbons (Fsp3) is 0. The minimum Gasteiger partial charge on any atom is -0.307 e. The first-order valence-electron chi connectivity index (χ1n) is 28.8. The summed E-state index contributed by atoms with van der Waals surface area (Å²) < 4.78 is 4.30. The zero-order valence-corrected chi connectivity index (χ0v) is 48.3. The molecule has 0 spiro atoms. The number of hydrogen-bond acceptors (Lipinski definition) is 10. The Labute approximate surface area is 527 Å². The van der Waals surface area contributed by atoms with E-state index >= 15 is 0 Å². The number of nitrogens with zero attached hydrogens (tertiary/aromatic N) is 12. The number of fused-ring (bicyclic) bond motifs is 6. The molecule has 3 aromatic heterocycles. The quantitative estimate of drug-likeness (QED) is 0.132. The van der Waals surface area contributed by atoms with E-state index in [1.54, 1.807) is 72.8 Å². The van der Waals surface area contributed by atoms with Gasteiger partial charge in [0.25, 0.3) is 0 Å². The Balaban J connectivity index is 1.13. The topological polar surface area (TPSA) is 237 Å². The van der Waals surface area contributed by atoms with Gasteiger partial charge in [-0.15, -0.1) is 0 Å². The molecular formula is C80H38N12. The highest BCUT2D eigenvalue weighted by atomic mass is 15.1. The van der Waals surface area contributed by atoms with Crippen molar-refractivity contribution >= 4 is 43.6 Å². The van der Waals surface area contributed by atoms with Crippen LogP contribution < -0.4 is 0 Å². The molecule has 0 unspecified atom stereocenters. The molecule has 0 saturated carbocycles. The molecule has 0 bridgehead atoms. The van der Waals surface area contributed by atoms with Crippen LogP contribution in [0.2, 0.25) is 0 Å². The van der Waals surface area contributed by atoms with Gasteiger partial charge in [-0.1, -0.05) is 84.9 Å². The fourth-order valence-electron chi connectivity index (χ4n) is 12.4. The van der Waals surface area contributed by atoms with Gasteiger partial charge in [0.1, 0.15) is 0 Å². The van der Waals surface area contributed by atoms with E-state index < -0.39 is 0 Å². The summed E-state index contributed by atoms with van der Waals surface area (Å²) in [5, 5.41) is 95.9. The second-order valence-electron chi connectivity index (χ2n) is 22.0. The summed E-state index contributed by atoms with van der Waals surface area (Å²) in [6.45, 7) is 0. The maximum Gasteiger partial charge on any atom is 0.0998 e. The van der Waals surface area contributed by atoms with Crippen LogP contribution in [-0.2, 0) is 0 Å². The van der Waals surface area contributed by atoms with Crippen LogP contribution in [-0.4, -0.2) is 14.1 Å². The Morgan fingerprint density at radius 2 is 0.511 bits per heavy atom. The average Bonchev–Trinajstić information content (AvgIpc) is 1.55. The van der Waals surface area contributed by atoms with E-state index in [4.69, 9.17) is 4.98 Å². The molecule has 0 amide bonds. The Kier molecular flexibility index (Phi) is 13.7. The molecular weight excluding hydrogens is 1130 g/mol. The highest BCUT2D eigenvalue weighted by molar-refractivity contribution is 6.14. The minimum absolute atomic E-state index is 0.319. The molecule has 0 aliphatic heterocycles. The van der Waals surface area contributed by atoms with Gasteiger partial charge in [0.2, 0.25) is 0 Å². The van der Waals surface area contributed by atoms with E-state index in [2.05, 4.69) is 63.8 Å². The van der Waals surface area contributed by atoms with Crippen molar-refractivity contribution in [3.63, 3.8) is 0 Å². The lowest BCUT2D eigenvalue weighted by molar-refractivity contribution is 1.09. The SMILES string of the molecule is N#Cc1cc(C#N)cc(-c2ccc3c(c2)c2cc(-c4cc(C#N)cc(C#N)c4)ccc2n3-c2cc(C#N)c(-c3cc(-c4ccccc4)nc(-c4ccccc4)c3)cc2-n2c3ccc(-c4cc(C#N)cc(C#N)c4)cc3c3cc(-c4cc(C#N)cc(C#N)c4)ccc32)c1. The molecule has 0 aliphatic rings. The molecule has 92 heavy (non-hydrogen) atoms. The number of benzene rings is 11. The van der Waals surface area contributed by atoms with Crippen molar-refractivity contribution in [1.82, 2.24) is 14.1 Å². The summed E-state index contributed by atoms with van der Waals surface area (Å²) >= 11 is 0. The van der Waals surface area contributed by atoms with Crippen molar-refractivity contribution in [2.24, 2.45) is 0 Å². The number of rotatable bonds is 9. The van der Waals surface area contributed by atoms with E-state index in [1.807, 2.05) is 158 Å². The molecule has 0 saturated heterocycles. The predicted molar refractivity (Wildman–Crippen MR) is 353 cm³/mol. The van der Waals surface area contributed by atoms with Crippen LogP contribution in [0.5, 0.6) is 0 Å². The maximum absolute atomic E-state index is 11.7. The maximum atomic E-state index is 11.7. The standard InChI is InChI=1S/C80H38N12/c81-39-48-19-49(40-82)24-62(23-48)58-11-15-75-69(31-58)70-32-59(63-25-50(41-83)20-51(26-63)42-84)12-16-76(70)91(75)79-37-67(47-89)68(66-35-73(56-7-3-1-4-8-56)90-74(36-66)57-9-5-2-6-10-57)38-80(79)92-77-17-13-60(64-27-52(43-85)21-53(28-64)44-86)33-71(77)72-34-61(14-18-78(72)92)65-29-54(45-87)22-55(30-65)46-88/h1-38H. The summed E-state index contributed by atoms with van der Waals surface area (Å²) in [4.78, 5) is 5.21. The van der Waals surface area contributed by atoms with Crippen LogP contribution in [0.3, 0.4) is 0 Å². The third-order valence-corrected chi connectivity index (χ3v) is 16.6. The van der Waals surface area contributed by atoms with Crippen LogP contribution >= 0.6 is 0 Å². The van der Waals surface area contributed by atoms with E-state index in [-0.39, 0.29) is 0 Å². The molecule has 12 nitrogen and oxygen atoms in total. The first-order chi connectivity index (χ1) is 45.1. The minimum atomic E-state index is 0.319. The largest absolute Gasteiger partial charge is 0.307 e. The smallest absolute Gasteiger partial charge is 0.0998 e. The third kappa shape index (κ3) is 9.76. The van der Waals surface area contributed by atoms with Crippen LogP contribution in [0.25, 0.3) is 133 Å². The molecule has 0 fully saturated rings. The summed E-state index contributed by atoms with van der Waals surface area (Å²) in [5.74, 6) is 0. The average molecular weight is 1170 g/mol. The molecule has 3 heterocycles. The molecule has 418 valence electrons. The van der Waals surface area contributed by atoms with Crippen molar-refractivity contribution in [3.05, 3.63) is 281 Å². The Morgan fingerprint density at radius 3 is 0.783 bits per heavy atom. The summed E-state index contributed by atoms with van der Waals surface area (Å²) in [6.07, 6.45) is 0. The molecule has 14 aromatic rings. The number of nitriles is 9. The van der Waals surface area contributed by atoms with Crippen molar-refractivity contribution in [2.45, 2.75) is 0 Å². The second kappa shape index (κ2) is 22.8. The van der Waals surface area contributed by atoms with Crippen LogP contribution in [0.1, 0.15) is 50.1 Å². The van der Waals surface area contributed by atoms with Gasteiger partial charge in [-0.25, -0.2) is 4.98 Å². The van der Waals surface area contributed by atoms with E-state index in [9.17, 15) is 47.4 Å². The molecule has 14 rings (SSSR count). The van der Waals surface area contributed by atoms with Gasteiger partial charge in [-0.3, -0.25) is 0 Å². The van der Waals surface area contributed by atoms with Crippen molar-refractivity contribution in [3.8, 4) is 144 Å². The first-order valence-corrected chi connectivity index (χ1v) is 28.8. The van der Waals surface area contributed by atoms with Gasteiger partial charge in [-0.2, -0.15) is 47.4 Å². The first kappa shape index (κ1) is 55.5. The molecule has 0 radical (unpaired) electrons. The fourth-order valence-corrected chi connectivity index (χ4v) is 12.4. The van der Waals surface area contributed by atoms with Gasteiger partial charge in [0.15, 0.2) is 0 Å². The lowest BCUT2D eigenvalue weighted by atomic mass is 9.95. The zero-order chi connectivity index (χ0) is 63.1. The monoisotopic (exact) mass is 1170 g/mol. The van der Waals surface area contributed by atoms with E-state index in [0.717, 1.165) is 77.0 Å². The van der Waals surface area contributed by atoms with Crippen molar-refractivity contribution in [2.75, 3.05) is 0 Å². The van der Waals surface area contributed by atoms with Crippen LogP contribution in [0.15, 0.2) is 231 Å². The van der Waals surface area contributed by atoms with Gasteiger partial charge in [0.05, 0.1) is 150 Å². The van der Waals surface area contributed by atoms with E-state index in [0.29, 0.717) is 106 Å². The summed E-state index contributed by atoms with van der Waals surface area (Å²) in [7, 11) is 0. The normalized spacial score (nSPS) is 10.7. The summed E-state index contributed by atoms with van der Waals surface area (Å²) in [6, 6.07) is 92.1. The molecule has 0 N–H and O–H groups in total. The number of hydrogen-bond donors (Lipinski definition) is 0. The predicted octanol–water partition coefficient (Wildman–Crippen LogP) is 17.8. The van der Waals surface area contributed by atoms with E-state index in [1.165, 1.54) is 0 Å². The molecule has 11 aromatic carbocycles. The van der Waals surface area contributed by atoms with Gasteiger partial charge >= 0.3 is 0 Å². The molecule has 0 atom stereocenters. The lowest BCUT2D eigenvalue weighted by Crippen LogP contribution is -2.06. The number of pyridine rings is 1. The highest BCUT2D eigenvalue weighted by Crippen LogP contribution is 2.45. The number of aromatic nitrogens is 3. The van der Waals surface area contributed by atoms with Gasteiger partial charge < -0.3 is 9.13 Å². The zero-order valence-electron chi connectivity index (χ0n) is 48.3. The lowest BCUT2D eigenvalue weighted by Gasteiger charge is -2.20. The summed E-state index contributed by atoms with van der Waals surface area (Å²) in [5.41, 5.74) is 17.0. The van der Waals surface area contributed by atoms with Gasteiger partial charge in [-0.05, 0) is 196 Å². The van der Waals surface area contributed by atoms with Crippen molar-refractivity contribution in [1.29, 1.82) is 47.4 Å². The Morgan fingerprint density at radius 1 is 0.228 bits per heavy atom. The Hall–Kier alpha value is -14.4. The second-order valence-corrected chi connectivity index (χ2v) is 22.0. The van der Waals surface area contributed by atoms with Crippen molar-refractivity contribution < 1.29 is 0 Å².